The summed E-state index contributed by atoms with van der Waals surface area (Å²) in [6.07, 6.45) is -3.92. The molecule has 12 heteroatoms. The molecule has 3 unspecified atom stereocenters. The monoisotopic (exact) mass is 589 g/mol. The summed E-state index contributed by atoms with van der Waals surface area (Å²) in [4.78, 5) is 32.5. The number of amides is 2. The van der Waals surface area contributed by atoms with Gasteiger partial charge in [0.2, 0.25) is 5.91 Å². The number of hydrogen-bond donors (Lipinski definition) is 1. The van der Waals surface area contributed by atoms with Gasteiger partial charge in [0.25, 0.3) is 5.91 Å². The van der Waals surface area contributed by atoms with E-state index in [4.69, 9.17) is 9.84 Å². The molecule has 2 saturated heterocycles. The molecule has 9 nitrogen and oxygen atoms in total. The number of carbonyl (C=O) groups excluding carboxylic acids is 2. The number of alkyl halides is 3. The van der Waals surface area contributed by atoms with Crippen LogP contribution in [-0.2, 0) is 28.7 Å². The quantitative estimate of drug-likeness (QED) is 0.557. The summed E-state index contributed by atoms with van der Waals surface area (Å²) in [5, 5.41) is 14.5. The zero-order chi connectivity index (χ0) is 29.9. The Balaban J connectivity index is 1.14. The number of fused-ring (bicyclic) bond motifs is 3. The molecule has 3 heterocycles. The Labute approximate surface area is 243 Å². The fourth-order valence-corrected chi connectivity index (χ4v) is 7.20. The second-order valence-corrected chi connectivity index (χ2v) is 12.3. The van der Waals surface area contributed by atoms with Crippen LogP contribution >= 0.6 is 0 Å². The van der Waals surface area contributed by atoms with E-state index in [9.17, 15) is 27.9 Å². The molecule has 1 aromatic carbocycles. The molecule has 0 radical (unpaired) electrons. The van der Waals surface area contributed by atoms with Crippen molar-refractivity contribution in [2.24, 2.45) is 11.8 Å². The minimum Gasteiger partial charge on any atom is -0.393 e. The second kappa shape index (κ2) is 10.9. The molecule has 1 saturated carbocycles. The lowest BCUT2D eigenvalue weighted by molar-refractivity contribution is -0.138. The van der Waals surface area contributed by atoms with Crippen molar-refractivity contribution in [1.82, 2.24) is 19.6 Å². The Morgan fingerprint density at radius 1 is 1.14 bits per heavy atom. The number of anilines is 1. The summed E-state index contributed by atoms with van der Waals surface area (Å²) < 4.78 is 47.7. The number of ether oxygens (including phenoxy) is 1. The molecular formula is C30H38F3N5O4. The minimum absolute atomic E-state index is 0.0276. The molecular weight excluding hydrogens is 551 g/mol. The molecule has 2 amide bonds. The van der Waals surface area contributed by atoms with Crippen LogP contribution in [0.25, 0.3) is 0 Å². The van der Waals surface area contributed by atoms with Gasteiger partial charge in [-0.05, 0) is 55.7 Å². The molecule has 2 aliphatic carbocycles. The number of nitrogens with zero attached hydrogens (tertiary/aromatic N) is 5. The van der Waals surface area contributed by atoms with E-state index < -0.39 is 17.8 Å². The van der Waals surface area contributed by atoms with Gasteiger partial charge in [-0.3, -0.25) is 14.3 Å². The molecule has 6 rings (SSSR count). The van der Waals surface area contributed by atoms with Gasteiger partial charge in [-0.1, -0.05) is 13.0 Å². The zero-order valence-electron chi connectivity index (χ0n) is 24.2. The highest BCUT2D eigenvalue weighted by atomic mass is 19.4. The number of benzene rings is 1. The maximum absolute atomic E-state index is 13.7. The summed E-state index contributed by atoms with van der Waals surface area (Å²) in [6.45, 7) is 8.31. The van der Waals surface area contributed by atoms with E-state index in [1.807, 2.05) is 4.90 Å². The lowest BCUT2D eigenvalue weighted by Gasteiger charge is -2.37. The van der Waals surface area contributed by atoms with Crippen LogP contribution < -0.4 is 4.90 Å². The molecule has 3 fully saturated rings. The average Bonchev–Trinajstić information content (AvgIpc) is 3.24. The highest BCUT2D eigenvalue weighted by Crippen LogP contribution is 2.62. The van der Waals surface area contributed by atoms with Crippen LogP contribution in [0.5, 0.6) is 0 Å². The van der Waals surface area contributed by atoms with E-state index in [0.29, 0.717) is 75.5 Å². The van der Waals surface area contributed by atoms with Gasteiger partial charge in [0.05, 0.1) is 24.4 Å². The van der Waals surface area contributed by atoms with Crippen molar-refractivity contribution in [1.29, 1.82) is 0 Å². The van der Waals surface area contributed by atoms with Crippen LogP contribution in [0, 0.1) is 18.8 Å². The van der Waals surface area contributed by atoms with Crippen LogP contribution in [0.1, 0.15) is 59.1 Å². The number of morpholine rings is 1. The normalized spacial score (nSPS) is 26.2. The number of piperazine rings is 1. The summed E-state index contributed by atoms with van der Waals surface area (Å²) in [7, 11) is 0. The van der Waals surface area contributed by atoms with Gasteiger partial charge >= 0.3 is 6.18 Å². The van der Waals surface area contributed by atoms with Crippen LogP contribution in [-0.4, -0.2) is 94.6 Å². The number of aliphatic hydroxyl groups is 1. The fourth-order valence-electron chi connectivity index (χ4n) is 7.20. The molecule has 0 bridgehead atoms. The average molecular weight is 590 g/mol. The maximum atomic E-state index is 13.7. The first-order valence-corrected chi connectivity index (χ1v) is 14.8. The SMILES string of the molecule is Cc1c(N2CCN(C(=O)Cn3nc(C(=O)N4CCO[C@H](C[C@@H](C)O)C4)c4c3CC3C(C)C43)CC2)cccc1C(F)(F)F. The number of halogens is 3. The van der Waals surface area contributed by atoms with Crippen molar-refractivity contribution in [3.63, 3.8) is 0 Å². The van der Waals surface area contributed by atoms with E-state index in [0.717, 1.165) is 23.7 Å². The van der Waals surface area contributed by atoms with Gasteiger partial charge < -0.3 is 24.5 Å². The van der Waals surface area contributed by atoms with Gasteiger partial charge in [-0.2, -0.15) is 18.3 Å². The lowest BCUT2D eigenvalue weighted by atomic mass is 10.0. The highest BCUT2D eigenvalue weighted by Gasteiger charge is 2.56. The molecule has 1 N–H and O–H groups in total. The number of carbonyl (C=O) groups is 2. The summed E-state index contributed by atoms with van der Waals surface area (Å²) in [6, 6.07) is 4.22. The van der Waals surface area contributed by atoms with Gasteiger partial charge in [0, 0.05) is 62.6 Å². The van der Waals surface area contributed by atoms with Gasteiger partial charge in [0.15, 0.2) is 5.69 Å². The van der Waals surface area contributed by atoms with Crippen molar-refractivity contribution >= 4 is 17.5 Å². The van der Waals surface area contributed by atoms with Crippen molar-refractivity contribution < 1.29 is 32.6 Å². The second-order valence-electron chi connectivity index (χ2n) is 12.3. The van der Waals surface area contributed by atoms with Gasteiger partial charge in [-0.15, -0.1) is 0 Å². The Morgan fingerprint density at radius 2 is 1.88 bits per heavy atom. The molecule has 2 aromatic rings. The third-order valence-electron chi connectivity index (χ3n) is 9.52. The van der Waals surface area contributed by atoms with Crippen molar-refractivity contribution in [2.75, 3.05) is 50.8 Å². The molecule has 5 atom stereocenters. The van der Waals surface area contributed by atoms with E-state index in [1.54, 1.807) is 27.5 Å². The maximum Gasteiger partial charge on any atom is 0.416 e. The number of rotatable bonds is 6. The number of aliphatic hydroxyl groups excluding tert-OH is 1. The summed E-state index contributed by atoms with van der Waals surface area (Å²) in [5.41, 5.74) is 2.47. The first kappa shape index (κ1) is 29.0. The predicted octanol–water partition coefficient (Wildman–Crippen LogP) is 3.08. The molecule has 0 spiro atoms. The van der Waals surface area contributed by atoms with Crippen molar-refractivity contribution in [3.8, 4) is 0 Å². The van der Waals surface area contributed by atoms with Crippen LogP contribution in [0.4, 0.5) is 18.9 Å². The van der Waals surface area contributed by atoms with Crippen LogP contribution in [0.3, 0.4) is 0 Å². The number of aromatic nitrogens is 2. The lowest BCUT2D eigenvalue weighted by Crippen LogP contribution is -2.50. The third-order valence-corrected chi connectivity index (χ3v) is 9.52. The standard InChI is InChI=1S/C30H38F3N5O4/c1-17(39)13-20-15-37(11-12-42-20)29(41)28-27-24(14-21-18(2)26(21)27)38(34-28)16-25(40)36-9-7-35(8-10-36)23-6-4-5-22(19(23)3)30(31,32)33/h4-6,17-18,20-21,26,39H,7-16H2,1-3H3/t17-,18?,20-,21?,26?/m1/s1. The Morgan fingerprint density at radius 3 is 2.57 bits per heavy atom. The van der Waals surface area contributed by atoms with E-state index in [2.05, 4.69) is 6.92 Å². The Hall–Kier alpha value is -3.12. The molecule has 1 aromatic heterocycles. The first-order valence-electron chi connectivity index (χ1n) is 14.8. The van der Waals surface area contributed by atoms with Crippen molar-refractivity contribution in [2.45, 2.75) is 64.5 Å². The first-order chi connectivity index (χ1) is 19.9. The highest BCUT2D eigenvalue weighted by molar-refractivity contribution is 5.95. The van der Waals surface area contributed by atoms with E-state index in [1.165, 1.54) is 13.0 Å². The molecule has 4 aliphatic rings. The largest absolute Gasteiger partial charge is 0.416 e. The minimum atomic E-state index is -4.41. The van der Waals surface area contributed by atoms with Gasteiger partial charge in [0.1, 0.15) is 6.54 Å². The summed E-state index contributed by atoms with van der Waals surface area (Å²) in [5.74, 6) is 0.976. The summed E-state index contributed by atoms with van der Waals surface area (Å²) >= 11 is 0. The zero-order valence-corrected chi connectivity index (χ0v) is 24.2. The van der Waals surface area contributed by atoms with Crippen LogP contribution in [0.2, 0.25) is 0 Å². The number of hydrogen-bond acceptors (Lipinski definition) is 6. The van der Waals surface area contributed by atoms with Crippen LogP contribution in [0.15, 0.2) is 18.2 Å². The predicted molar refractivity (Wildman–Crippen MR) is 148 cm³/mol. The van der Waals surface area contributed by atoms with E-state index >= 15 is 0 Å². The Kier molecular flexibility index (Phi) is 7.49. The fraction of sp³-hybridized carbons (Fsp3) is 0.633. The Bertz CT molecular complexity index is 1370. The molecule has 42 heavy (non-hydrogen) atoms. The molecule has 2 aliphatic heterocycles. The van der Waals surface area contributed by atoms with Gasteiger partial charge in [-0.25, -0.2) is 0 Å². The van der Waals surface area contributed by atoms with E-state index in [-0.39, 0.29) is 35.9 Å². The van der Waals surface area contributed by atoms with Crippen molar-refractivity contribution in [3.05, 3.63) is 46.3 Å². The smallest absolute Gasteiger partial charge is 0.393 e. The molecule has 228 valence electrons. The third kappa shape index (κ3) is 5.27. The topological polar surface area (TPSA) is 91.1 Å².